The summed E-state index contributed by atoms with van der Waals surface area (Å²) in [5.41, 5.74) is 1.45. The van der Waals surface area contributed by atoms with E-state index in [0.29, 0.717) is 0 Å². The molecule has 0 aliphatic heterocycles. The van der Waals surface area contributed by atoms with Crippen LogP contribution in [0.2, 0.25) is 0 Å². The van der Waals surface area contributed by atoms with Crippen LogP contribution in [0.3, 0.4) is 0 Å². The van der Waals surface area contributed by atoms with E-state index in [4.69, 9.17) is 0 Å². The molecule has 1 heterocycles. The van der Waals surface area contributed by atoms with E-state index in [1.807, 2.05) is 6.92 Å². The van der Waals surface area contributed by atoms with Crippen LogP contribution in [0.15, 0.2) is 33.5 Å². The topological polar surface area (TPSA) is 37.8 Å². The minimum Gasteiger partial charge on any atom is -0.308 e. The average molecular weight is 293 g/mol. The Morgan fingerprint density at radius 2 is 1.84 bits per heavy atom. The highest BCUT2D eigenvalue weighted by atomic mass is 32.2. The van der Waals surface area contributed by atoms with Gasteiger partial charge in [0.15, 0.2) is 4.34 Å². The van der Waals surface area contributed by atoms with Crippen molar-refractivity contribution in [2.75, 3.05) is 0 Å². The molecule has 0 atom stereocenters. The SMILES string of the molecule is Cc1nnc(Sc2ccc(CNC(C)(C)C)cc2)s1. The second-order valence-corrected chi connectivity index (χ2v) is 7.94. The van der Waals surface area contributed by atoms with E-state index >= 15 is 0 Å². The van der Waals surface area contributed by atoms with Crippen molar-refractivity contribution >= 4 is 23.1 Å². The molecule has 0 bridgehead atoms. The molecule has 3 nitrogen and oxygen atoms in total. The number of benzene rings is 1. The lowest BCUT2D eigenvalue weighted by atomic mass is 10.1. The second-order valence-electron chi connectivity index (χ2n) is 5.44. The zero-order valence-electron chi connectivity index (χ0n) is 11.7. The van der Waals surface area contributed by atoms with Gasteiger partial charge in [-0.1, -0.05) is 35.2 Å². The number of nitrogens with one attached hydrogen (secondary N) is 1. The van der Waals surface area contributed by atoms with Crippen LogP contribution in [0, 0.1) is 6.92 Å². The molecule has 1 aromatic heterocycles. The highest BCUT2D eigenvalue weighted by Gasteiger charge is 2.08. The summed E-state index contributed by atoms with van der Waals surface area (Å²) in [5.74, 6) is 0. The predicted molar refractivity (Wildman–Crippen MR) is 81.8 cm³/mol. The second kappa shape index (κ2) is 6.03. The average Bonchev–Trinajstić information content (AvgIpc) is 2.73. The Hall–Kier alpha value is -0.910. The predicted octanol–water partition coefficient (Wildman–Crippen LogP) is 3.89. The summed E-state index contributed by atoms with van der Waals surface area (Å²) >= 11 is 3.29. The highest BCUT2D eigenvalue weighted by Crippen LogP contribution is 2.29. The van der Waals surface area contributed by atoms with Gasteiger partial charge in [0.05, 0.1) is 0 Å². The molecule has 0 saturated heterocycles. The van der Waals surface area contributed by atoms with E-state index in [0.717, 1.165) is 15.9 Å². The molecule has 2 aromatic rings. The van der Waals surface area contributed by atoms with Crippen LogP contribution in [-0.2, 0) is 6.54 Å². The van der Waals surface area contributed by atoms with Crippen molar-refractivity contribution in [2.24, 2.45) is 0 Å². The molecule has 2 rings (SSSR count). The Morgan fingerprint density at radius 1 is 1.16 bits per heavy atom. The van der Waals surface area contributed by atoms with Crippen molar-refractivity contribution in [3.05, 3.63) is 34.8 Å². The fraction of sp³-hybridized carbons (Fsp3) is 0.429. The molecule has 1 aromatic carbocycles. The maximum atomic E-state index is 4.12. The number of aryl methyl sites for hydroxylation is 1. The number of rotatable bonds is 4. The summed E-state index contributed by atoms with van der Waals surface area (Å²) in [6.07, 6.45) is 0. The monoisotopic (exact) mass is 293 g/mol. The highest BCUT2D eigenvalue weighted by molar-refractivity contribution is 8.01. The van der Waals surface area contributed by atoms with Crippen molar-refractivity contribution < 1.29 is 0 Å². The molecule has 102 valence electrons. The van der Waals surface area contributed by atoms with Crippen molar-refractivity contribution in [3.8, 4) is 0 Å². The van der Waals surface area contributed by atoms with Crippen molar-refractivity contribution in [1.29, 1.82) is 0 Å². The van der Waals surface area contributed by atoms with E-state index in [2.05, 4.69) is 60.6 Å². The Balaban J connectivity index is 1.95. The molecule has 0 saturated carbocycles. The first-order chi connectivity index (χ1) is 8.92. The number of hydrogen-bond acceptors (Lipinski definition) is 5. The van der Waals surface area contributed by atoms with Crippen LogP contribution in [0.4, 0.5) is 0 Å². The third kappa shape index (κ3) is 4.93. The van der Waals surface area contributed by atoms with Crippen molar-refractivity contribution in [3.63, 3.8) is 0 Å². The molecule has 0 unspecified atom stereocenters. The molecule has 0 spiro atoms. The third-order valence-corrected chi connectivity index (χ3v) is 4.36. The van der Waals surface area contributed by atoms with E-state index in [-0.39, 0.29) is 5.54 Å². The molecular weight excluding hydrogens is 274 g/mol. The first kappa shape index (κ1) is 14.5. The minimum absolute atomic E-state index is 0.150. The van der Waals surface area contributed by atoms with Crippen LogP contribution in [0.1, 0.15) is 31.3 Å². The minimum atomic E-state index is 0.150. The van der Waals surface area contributed by atoms with Gasteiger partial charge in [-0.25, -0.2) is 0 Å². The van der Waals surface area contributed by atoms with E-state index in [9.17, 15) is 0 Å². The standard InChI is InChI=1S/C14H19N3S2/c1-10-16-17-13(18-10)19-12-7-5-11(6-8-12)9-15-14(2,3)4/h5-8,15H,9H2,1-4H3. The van der Waals surface area contributed by atoms with Crippen molar-refractivity contribution in [2.45, 2.75) is 49.0 Å². The van der Waals surface area contributed by atoms with Gasteiger partial charge in [0.2, 0.25) is 0 Å². The summed E-state index contributed by atoms with van der Waals surface area (Å²) in [4.78, 5) is 1.20. The Kier molecular flexibility index (Phi) is 4.60. The maximum absolute atomic E-state index is 4.12. The van der Waals surface area contributed by atoms with Gasteiger partial charge >= 0.3 is 0 Å². The van der Waals surface area contributed by atoms with Gasteiger partial charge in [0.25, 0.3) is 0 Å². The molecule has 0 fully saturated rings. The van der Waals surface area contributed by atoms with Crippen LogP contribution < -0.4 is 5.32 Å². The maximum Gasteiger partial charge on any atom is 0.179 e. The Labute approximate surface area is 122 Å². The van der Waals surface area contributed by atoms with Crippen LogP contribution in [0.25, 0.3) is 0 Å². The molecule has 0 aliphatic carbocycles. The fourth-order valence-electron chi connectivity index (χ4n) is 1.46. The summed E-state index contributed by atoms with van der Waals surface area (Å²) < 4.78 is 0.998. The third-order valence-electron chi connectivity index (χ3n) is 2.46. The molecule has 0 amide bonds. The van der Waals surface area contributed by atoms with E-state index < -0.39 is 0 Å². The first-order valence-electron chi connectivity index (χ1n) is 6.24. The van der Waals surface area contributed by atoms with Gasteiger partial charge in [0.1, 0.15) is 5.01 Å². The summed E-state index contributed by atoms with van der Waals surface area (Å²) in [6, 6.07) is 8.60. The van der Waals surface area contributed by atoms with Crippen LogP contribution in [-0.4, -0.2) is 15.7 Å². The lowest BCUT2D eigenvalue weighted by molar-refractivity contribution is 0.424. The summed E-state index contributed by atoms with van der Waals surface area (Å²) in [6.45, 7) is 9.40. The van der Waals surface area contributed by atoms with Gasteiger partial charge in [-0.3, -0.25) is 0 Å². The van der Waals surface area contributed by atoms with Gasteiger partial charge < -0.3 is 5.32 Å². The Morgan fingerprint density at radius 3 is 2.37 bits per heavy atom. The van der Waals surface area contributed by atoms with E-state index in [1.165, 1.54) is 10.5 Å². The molecule has 5 heteroatoms. The van der Waals surface area contributed by atoms with Crippen LogP contribution >= 0.6 is 23.1 Å². The number of hydrogen-bond donors (Lipinski definition) is 1. The zero-order chi connectivity index (χ0) is 13.9. The molecule has 0 aliphatic rings. The fourth-order valence-corrected chi connectivity index (χ4v) is 3.25. The molecule has 1 N–H and O–H groups in total. The lowest BCUT2D eigenvalue weighted by Crippen LogP contribution is -2.35. The molecule has 0 radical (unpaired) electrons. The smallest absolute Gasteiger partial charge is 0.179 e. The van der Waals surface area contributed by atoms with Gasteiger partial charge in [-0.2, -0.15) is 0 Å². The van der Waals surface area contributed by atoms with Crippen molar-refractivity contribution in [1.82, 2.24) is 15.5 Å². The number of aromatic nitrogens is 2. The quantitative estimate of drug-likeness (QED) is 0.928. The largest absolute Gasteiger partial charge is 0.308 e. The Bertz CT molecular complexity index is 526. The first-order valence-corrected chi connectivity index (χ1v) is 7.88. The van der Waals surface area contributed by atoms with Gasteiger partial charge in [0, 0.05) is 17.0 Å². The van der Waals surface area contributed by atoms with Gasteiger partial charge in [-0.15, -0.1) is 10.2 Å². The van der Waals surface area contributed by atoms with E-state index in [1.54, 1.807) is 23.1 Å². The van der Waals surface area contributed by atoms with Crippen LogP contribution in [0.5, 0.6) is 0 Å². The summed E-state index contributed by atoms with van der Waals surface area (Å²) in [5, 5.41) is 12.6. The normalized spacial score (nSPS) is 11.8. The molecule has 19 heavy (non-hydrogen) atoms. The number of nitrogens with zero attached hydrogens (tertiary/aromatic N) is 2. The van der Waals surface area contributed by atoms with Gasteiger partial charge in [-0.05, 0) is 45.4 Å². The lowest BCUT2D eigenvalue weighted by Gasteiger charge is -2.20. The zero-order valence-corrected chi connectivity index (χ0v) is 13.4. The molecular formula is C14H19N3S2. The summed E-state index contributed by atoms with van der Waals surface area (Å²) in [7, 11) is 0.